The van der Waals surface area contributed by atoms with Gasteiger partial charge in [0, 0.05) is 37.2 Å². The van der Waals surface area contributed by atoms with E-state index < -0.39 is 16.6 Å². The van der Waals surface area contributed by atoms with E-state index in [1.807, 2.05) is 6.92 Å². The van der Waals surface area contributed by atoms with Crippen LogP contribution < -0.4 is 4.74 Å². The SMILES string of the molecule is CC#CCC(C)C(C=CC1C(O[Si](C)(C)C(C)(C)C)CC(Cl)C1c1cccc(CCCC(=O)OC)c1OCOC)O[Si](C)(C)C(C)(C)C. The maximum Gasteiger partial charge on any atom is 0.305 e. The first-order valence-electron chi connectivity index (χ1n) is 17.6. The van der Waals surface area contributed by atoms with Crippen LogP contribution in [-0.2, 0) is 29.5 Å². The summed E-state index contributed by atoms with van der Waals surface area (Å²) in [6, 6.07) is 6.27. The molecule has 0 N–H and O–H groups in total. The summed E-state index contributed by atoms with van der Waals surface area (Å²) in [5.74, 6) is 7.08. The molecule has 48 heavy (non-hydrogen) atoms. The van der Waals surface area contributed by atoms with Crippen LogP contribution in [0, 0.1) is 23.7 Å². The number of halogens is 1. The van der Waals surface area contributed by atoms with Gasteiger partial charge in [-0.1, -0.05) is 78.8 Å². The first kappa shape index (κ1) is 42.6. The third-order valence-electron chi connectivity index (χ3n) is 10.7. The summed E-state index contributed by atoms with van der Waals surface area (Å²) in [5.41, 5.74) is 2.07. The molecule has 0 saturated heterocycles. The highest BCUT2D eigenvalue weighted by Crippen LogP contribution is 2.51. The Morgan fingerprint density at radius 3 is 2.27 bits per heavy atom. The van der Waals surface area contributed by atoms with Crippen molar-refractivity contribution in [1.29, 1.82) is 0 Å². The minimum Gasteiger partial charge on any atom is -0.469 e. The van der Waals surface area contributed by atoms with Crippen LogP contribution in [0.25, 0.3) is 0 Å². The van der Waals surface area contributed by atoms with Crippen molar-refractivity contribution >= 4 is 34.2 Å². The molecule has 0 amide bonds. The van der Waals surface area contributed by atoms with Crippen molar-refractivity contribution in [3.63, 3.8) is 0 Å². The van der Waals surface area contributed by atoms with E-state index in [4.69, 9.17) is 34.7 Å². The highest BCUT2D eigenvalue weighted by atomic mass is 35.5. The number of aryl methyl sites for hydroxylation is 1. The van der Waals surface area contributed by atoms with Crippen molar-refractivity contribution in [1.82, 2.24) is 0 Å². The maximum atomic E-state index is 11.9. The normalized spacial score (nSPS) is 21.9. The number of rotatable bonds is 16. The van der Waals surface area contributed by atoms with Crippen molar-refractivity contribution < 1.29 is 27.9 Å². The van der Waals surface area contributed by atoms with Crippen LogP contribution in [0.5, 0.6) is 5.75 Å². The van der Waals surface area contributed by atoms with E-state index in [1.54, 1.807) is 7.11 Å². The van der Waals surface area contributed by atoms with Gasteiger partial charge in [0.15, 0.2) is 23.4 Å². The summed E-state index contributed by atoms with van der Waals surface area (Å²) in [4.78, 5) is 11.9. The molecule has 0 bridgehead atoms. The predicted octanol–water partition coefficient (Wildman–Crippen LogP) is 10.3. The number of alkyl halides is 1. The predicted molar refractivity (Wildman–Crippen MR) is 205 cm³/mol. The molecule has 1 aliphatic carbocycles. The molecular weight excluding hydrogens is 656 g/mol. The Morgan fingerprint density at radius 1 is 1.06 bits per heavy atom. The summed E-state index contributed by atoms with van der Waals surface area (Å²) in [5, 5.41) is -0.0513. The van der Waals surface area contributed by atoms with E-state index in [0.29, 0.717) is 19.3 Å². The molecule has 1 aliphatic rings. The van der Waals surface area contributed by atoms with Crippen molar-refractivity contribution in [3.8, 4) is 17.6 Å². The molecule has 1 aromatic carbocycles. The van der Waals surface area contributed by atoms with Gasteiger partial charge in [0.05, 0.1) is 19.3 Å². The average Bonchev–Trinajstić information content (AvgIpc) is 3.28. The number of carbonyl (C=O) groups is 1. The van der Waals surface area contributed by atoms with Gasteiger partial charge in [-0.15, -0.1) is 23.4 Å². The van der Waals surface area contributed by atoms with Gasteiger partial charge in [-0.25, -0.2) is 0 Å². The zero-order valence-electron chi connectivity index (χ0n) is 32.4. The lowest BCUT2D eigenvalue weighted by Crippen LogP contribution is -2.45. The molecular formula is C39H65ClO6Si2. The Hall–Kier alpha value is -1.61. The first-order valence-corrected chi connectivity index (χ1v) is 23.8. The van der Waals surface area contributed by atoms with E-state index >= 15 is 0 Å². The number of benzene rings is 1. The number of hydrogen-bond acceptors (Lipinski definition) is 6. The number of esters is 1. The quantitative estimate of drug-likeness (QED) is 0.0423. The molecule has 1 aromatic rings. The molecule has 6 nitrogen and oxygen atoms in total. The van der Waals surface area contributed by atoms with Crippen molar-refractivity contribution in [2.75, 3.05) is 21.0 Å². The highest BCUT2D eigenvalue weighted by molar-refractivity contribution is 6.74. The molecule has 1 saturated carbocycles. The zero-order valence-corrected chi connectivity index (χ0v) is 35.2. The minimum absolute atomic E-state index is 0.00758. The van der Waals surface area contributed by atoms with E-state index in [1.165, 1.54) is 7.11 Å². The fraction of sp³-hybridized carbons (Fsp3) is 0.718. The van der Waals surface area contributed by atoms with Crippen molar-refractivity contribution in [2.45, 2.75) is 147 Å². The number of hydrogen-bond donors (Lipinski definition) is 0. The van der Waals surface area contributed by atoms with Crippen LogP contribution in [-0.4, -0.2) is 61.2 Å². The molecule has 0 aromatic heterocycles. The third-order valence-corrected chi connectivity index (χ3v) is 20.2. The van der Waals surface area contributed by atoms with Crippen LogP contribution in [0.2, 0.25) is 36.3 Å². The first-order chi connectivity index (χ1) is 22.2. The number of para-hydroxylation sites is 1. The average molecular weight is 722 g/mol. The molecule has 0 radical (unpaired) electrons. The monoisotopic (exact) mass is 720 g/mol. The topological polar surface area (TPSA) is 63.2 Å². The number of carbonyl (C=O) groups excluding carboxylic acids is 1. The summed E-state index contributed by atoms with van der Waals surface area (Å²) in [6.07, 6.45) is 7.63. The largest absolute Gasteiger partial charge is 0.469 e. The smallest absolute Gasteiger partial charge is 0.305 e. The minimum atomic E-state index is -2.14. The van der Waals surface area contributed by atoms with Gasteiger partial charge in [0.25, 0.3) is 0 Å². The Bertz CT molecular complexity index is 1270. The second-order valence-electron chi connectivity index (χ2n) is 16.4. The second kappa shape index (κ2) is 18.1. The summed E-state index contributed by atoms with van der Waals surface area (Å²) in [6.45, 7) is 27.2. The van der Waals surface area contributed by atoms with Crippen LogP contribution in [0.15, 0.2) is 30.4 Å². The van der Waals surface area contributed by atoms with Crippen LogP contribution >= 0.6 is 11.6 Å². The zero-order chi connectivity index (χ0) is 36.5. The molecule has 0 spiro atoms. The number of methoxy groups -OCH3 is 2. The molecule has 0 aliphatic heterocycles. The Labute approximate surface area is 300 Å². The summed E-state index contributed by atoms with van der Waals surface area (Å²) < 4.78 is 30.9. The Morgan fingerprint density at radius 2 is 1.71 bits per heavy atom. The molecule has 9 heteroatoms. The Balaban J connectivity index is 2.70. The fourth-order valence-corrected chi connectivity index (χ4v) is 8.88. The van der Waals surface area contributed by atoms with Crippen LogP contribution in [0.3, 0.4) is 0 Å². The molecule has 6 unspecified atom stereocenters. The molecule has 1 fully saturated rings. The third kappa shape index (κ3) is 11.5. The van der Waals surface area contributed by atoms with Gasteiger partial charge in [0.1, 0.15) is 5.75 Å². The lowest BCUT2D eigenvalue weighted by Gasteiger charge is -2.41. The molecule has 6 atom stereocenters. The summed E-state index contributed by atoms with van der Waals surface area (Å²) >= 11 is 7.39. The lowest BCUT2D eigenvalue weighted by atomic mass is 9.85. The Kier molecular flexibility index (Phi) is 16.0. The van der Waals surface area contributed by atoms with E-state index in [9.17, 15) is 4.79 Å². The summed E-state index contributed by atoms with van der Waals surface area (Å²) in [7, 11) is -1.18. The van der Waals surface area contributed by atoms with E-state index in [2.05, 4.69) is 117 Å². The van der Waals surface area contributed by atoms with Crippen LogP contribution in [0.4, 0.5) is 0 Å². The van der Waals surface area contributed by atoms with E-state index in [-0.39, 0.29) is 58.2 Å². The van der Waals surface area contributed by atoms with Crippen molar-refractivity contribution in [3.05, 3.63) is 41.5 Å². The maximum absolute atomic E-state index is 11.9. The van der Waals surface area contributed by atoms with Gasteiger partial charge in [-0.3, -0.25) is 4.79 Å². The molecule has 2 rings (SSSR count). The van der Waals surface area contributed by atoms with Gasteiger partial charge < -0.3 is 23.1 Å². The van der Waals surface area contributed by atoms with Gasteiger partial charge in [-0.2, -0.15) is 0 Å². The van der Waals surface area contributed by atoms with E-state index in [0.717, 1.165) is 29.7 Å². The van der Waals surface area contributed by atoms with Gasteiger partial charge in [0.2, 0.25) is 0 Å². The lowest BCUT2D eigenvalue weighted by molar-refractivity contribution is -0.140. The van der Waals surface area contributed by atoms with Crippen molar-refractivity contribution in [2.24, 2.45) is 11.8 Å². The van der Waals surface area contributed by atoms with Gasteiger partial charge >= 0.3 is 5.97 Å². The fourth-order valence-electron chi connectivity index (χ4n) is 5.69. The van der Waals surface area contributed by atoms with Crippen LogP contribution in [0.1, 0.15) is 98.1 Å². The molecule has 0 heterocycles. The van der Waals surface area contributed by atoms with Gasteiger partial charge in [-0.05, 0) is 79.5 Å². The highest BCUT2D eigenvalue weighted by Gasteiger charge is 2.49. The molecule has 272 valence electrons. The standard InChI is InChI=1S/C39H65ClO6Si2/c1-15-16-19-28(2)33(45-47(11,12)38(3,4)5)25-24-30-34(46-48(13,14)39(6,7)8)26-32(40)36(30)31-22-17-20-29(37(31)44-27-42-9)21-18-23-35(41)43-10/h17,20,22,24-25,28,30,32-34,36H,18-19,21,23,26-27H2,1-14H3. The number of ether oxygens (including phenoxy) is 3. The second-order valence-corrected chi connectivity index (χ2v) is 26.5.